The molecule has 0 saturated heterocycles. The van der Waals surface area contributed by atoms with Crippen molar-refractivity contribution in [2.45, 2.75) is 13.1 Å². The van der Waals surface area contributed by atoms with Crippen LogP contribution in [0.4, 0.5) is 16.2 Å². The summed E-state index contributed by atoms with van der Waals surface area (Å²) in [7, 11) is 1.63. The smallest absolute Gasteiger partial charge is 0.244 e. The number of halogens is 1. The summed E-state index contributed by atoms with van der Waals surface area (Å²) in [5.41, 5.74) is 1.63. The fourth-order valence-electron chi connectivity index (χ4n) is 2.22. The van der Waals surface area contributed by atoms with Gasteiger partial charge in [0.15, 0.2) is 5.82 Å². The van der Waals surface area contributed by atoms with Crippen molar-refractivity contribution >= 4 is 11.8 Å². The zero-order chi connectivity index (χ0) is 17.5. The zero-order valence-electron chi connectivity index (χ0n) is 13.7. The molecule has 0 fully saturated rings. The van der Waals surface area contributed by atoms with Crippen molar-refractivity contribution in [1.82, 2.24) is 15.2 Å². The molecule has 0 aliphatic rings. The predicted octanol–water partition coefficient (Wildman–Crippen LogP) is 3.24. The predicted molar refractivity (Wildman–Crippen MR) is 93.9 cm³/mol. The molecule has 0 spiro atoms. The fraction of sp³-hybridized carbons (Fsp3) is 0.167. The van der Waals surface area contributed by atoms with Gasteiger partial charge in [-0.25, -0.2) is 4.39 Å². The molecular weight excluding hydrogens is 321 g/mol. The number of anilines is 2. The number of methoxy groups -OCH3 is 1. The lowest BCUT2D eigenvalue weighted by Crippen LogP contribution is -2.08. The van der Waals surface area contributed by atoms with Crippen molar-refractivity contribution < 1.29 is 9.13 Å². The van der Waals surface area contributed by atoms with Crippen molar-refractivity contribution in [2.24, 2.45) is 0 Å². The Morgan fingerprint density at radius 1 is 1.00 bits per heavy atom. The van der Waals surface area contributed by atoms with Crippen LogP contribution in [0, 0.1) is 5.82 Å². The minimum Gasteiger partial charge on any atom is -0.497 e. The highest BCUT2D eigenvalue weighted by Crippen LogP contribution is 2.13. The van der Waals surface area contributed by atoms with Gasteiger partial charge in [0.2, 0.25) is 5.95 Å². The Bertz CT molecular complexity index is 826. The minimum atomic E-state index is -0.267. The molecule has 3 aromatic rings. The van der Waals surface area contributed by atoms with Crippen LogP contribution in [0.25, 0.3) is 0 Å². The second kappa shape index (κ2) is 8.05. The molecule has 1 heterocycles. The Hall–Kier alpha value is -3.22. The Balaban J connectivity index is 1.58. The highest BCUT2D eigenvalue weighted by atomic mass is 19.1. The molecule has 0 aliphatic carbocycles. The Morgan fingerprint density at radius 2 is 1.80 bits per heavy atom. The molecule has 0 unspecified atom stereocenters. The molecule has 3 rings (SSSR count). The van der Waals surface area contributed by atoms with E-state index >= 15 is 0 Å². The maximum absolute atomic E-state index is 13.6. The number of ether oxygens (including phenoxy) is 1. The third-order valence-electron chi connectivity index (χ3n) is 3.59. The lowest BCUT2D eigenvalue weighted by molar-refractivity contribution is 0.414. The average Bonchev–Trinajstić information content (AvgIpc) is 2.66. The topological polar surface area (TPSA) is 72.0 Å². The molecule has 1 aromatic heterocycles. The van der Waals surface area contributed by atoms with E-state index in [4.69, 9.17) is 4.74 Å². The van der Waals surface area contributed by atoms with Gasteiger partial charge in [0.05, 0.1) is 13.3 Å². The van der Waals surface area contributed by atoms with Crippen LogP contribution < -0.4 is 15.4 Å². The van der Waals surface area contributed by atoms with Gasteiger partial charge in [0.1, 0.15) is 11.6 Å². The van der Waals surface area contributed by atoms with E-state index in [1.807, 2.05) is 24.3 Å². The summed E-state index contributed by atoms with van der Waals surface area (Å²) in [5.74, 6) is 1.47. The van der Waals surface area contributed by atoms with Crippen molar-refractivity contribution in [3.05, 3.63) is 71.7 Å². The first-order valence-electron chi connectivity index (χ1n) is 7.78. The highest BCUT2D eigenvalue weighted by Gasteiger charge is 2.04. The van der Waals surface area contributed by atoms with Crippen LogP contribution in [0.1, 0.15) is 11.1 Å². The second-order valence-electron chi connectivity index (χ2n) is 5.31. The van der Waals surface area contributed by atoms with Crippen molar-refractivity contribution in [2.75, 3.05) is 17.7 Å². The standard InChI is InChI=1S/C18H18FN5O/c1-25-15-8-6-13(7-9-15)10-20-17-12-22-24-18(23-17)21-11-14-4-2-3-5-16(14)19/h2-9,12H,10-11H2,1H3,(H2,20,21,23,24). The van der Waals surface area contributed by atoms with E-state index in [0.717, 1.165) is 11.3 Å². The van der Waals surface area contributed by atoms with E-state index in [1.54, 1.807) is 25.3 Å². The summed E-state index contributed by atoms with van der Waals surface area (Å²) in [6, 6.07) is 14.3. The summed E-state index contributed by atoms with van der Waals surface area (Å²) in [6.45, 7) is 0.881. The number of rotatable bonds is 7. The minimum absolute atomic E-state index is 0.267. The van der Waals surface area contributed by atoms with E-state index in [2.05, 4.69) is 25.8 Å². The Kier molecular flexibility index (Phi) is 5.36. The van der Waals surface area contributed by atoms with Gasteiger partial charge in [-0.1, -0.05) is 30.3 Å². The molecule has 7 heteroatoms. The van der Waals surface area contributed by atoms with Crippen LogP contribution in [-0.2, 0) is 13.1 Å². The second-order valence-corrected chi connectivity index (χ2v) is 5.31. The van der Waals surface area contributed by atoms with Gasteiger partial charge < -0.3 is 15.4 Å². The summed E-state index contributed by atoms with van der Waals surface area (Å²) in [5, 5.41) is 14.0. The molecule has 0 bridgehead atoms. The van der Waals surface area contributed by atoms with Crippen LogP contribution in [0.3, 0.4) is 0 Å². The number of aromatic nitrogens is 3. The SMILES string of the molecule is COc1ccc(CNc2cnnc(NCc3ccccc3F)n2)cc1. The van der Waals surface area contributed by atoms with E-state index in [9.17, 15) is 4.39 Å². The quantitative estimate of drug-likeness (QED) is 0.688. The molecule has 0 aliphatic heterocycles. The summed E-state index contributed by atoms with van der Waals surface area (Å²) < 4.78 is 18.7. The van der Waals surface area contributed by atoms with Gasteiger partial charge in [-0.3, -0.25) is 0 Å². The summed E-state index contributed by atoms with van der Waals surface area (Å²) in [4.78, 5) is 4.32. The number of hydrogen-bond donors (Lipinski definition) is 2. The first-order valence-corrected chi connectivity index (χ1v) is 7.78. The molecule has 0 saturated carbocycles. The molecule has 6 nitrogen and oxygen atoms in total. The van der Waals surface area contributed by atoms with Crippen molar-refractivity contribution in [1.29, 1.82) is 0 Å². The van der Waals surface area contributed by atoms with Gasteiger partial charge in [-0.2, -0.15) is 10.1 Å². The average molecular weight is 339 g/mol. The Morgan fingerprint density at radius 3 is 2.56 bits per heavy atom. The molecule has 0 radical (unpaired) electrons. The van der Waals surface area contributed by atoms with Gasteiger partial charge in [0, 0.05) is 18.7 Å². The molecule has 2 N–H and O–H groups in total. The third kappa shape index (κ3) is 4.63. The van der Waals surface area contributed by atoms with Gasteiger partial charge >= 0.3 is 0 Å². The maximum Gasteiger partial charge on any atom is 0.244 e. The van der Waals surface area contributed by atoms with Gasteiger partial charge in [-0.15, -0.1) is 5.10 Å². The lowest BCUT2D eigenvalue weighted by Gasteiger charge is -2.08. The number of nitrogens with one attached hydrogen (secondary N) is 2. The lowest BCUT2D eigenvalue weighted by atomic mass is 10.2. The molecule has 0 atom stereocenters. The number of hydrogen-bond acceptors (Lipinski definition) is 6. The fourth-order valence-corrected chi connectivity index (χ4v) is 2.22. The highest BCUT2D eigenvalue weighted by molar-refractivity contribution is 5.39. The van der Waals surface area contributed by atoms with Crippen LogP contribution in [0.5, 0.6) is 5.75 Å². The maximum atomic E-state index is 13.6. The van der Waals surface area contributed by atoms with E-state index in [0.29, 0.717) is 23.9 Å². The molecule has 2 aromatic carbocycles. The molecular formula is C18H18FN5O. The van der Waals surface area contributed by atoms with Gasteiger partial charge in [-0.05, 0) is 23.8 Å². The van der Waals surface area contributed by atoms with E-state index in [1.165, 1.54) is 12.3 Å². The van der Waals surface area contributed by atoms with Crippen molar-refractivity contribution in [3.8, 4) is 5.75 Å². The number of benzene rings is 2. The summed E-state index contributed by atoms with van der Waals surface area (Å²) in [6.07, 6.45) is 1.54. The molecule has 128 valence electrons. The van der Waals surface area contributed by atoms with E-state index < -0.39 is 0 Å². The monoisotopic (exact) mass is 339 g/mol. The normalized spacial score (nSPS) is 10.3. The Labute approximate surface area is 145 Å². The first-order chi connectivity index (χ1) is 12.2. The van der Waals surface area contributed by atoms with Crippen LogP contribution in [-0.4, -0.2) is 22.3 Å². The van der Waals surface area contributed by atoms with E-state index in [-0.39, 0.29) is 12.4 Å². The largest absolute Gasteiger partial charge is 0.497 e. The van der Waals surface area contributed by atoms with Gasteiger partial charge in [0.25, 0.3) is 0 Å². The molecule has 25 heavy (non-hydrogen) atoms. The first kappa shape index (κ1) is 16.6. The van der Waals surface area contributed by atoms with Crippen LogP contribution in [0.15, 0.2) is 54.7 Å². The van der Waals surface area contributed by atoms with Crippen LogP contribution >= 0.6 is 0 Å². The summed E-state index contributed by atoms with van der Waals surface area (Å²) >= 11 is 0. The number of nitrogens with zero attached hydrogens (tertiary/aromatic N) is 3. The van der Waals surface area contributed by atoms with Crippen LogP contribution in [0.2, 0.25) is 0 Å². The van der Waals surface area contributed by atoms with Crippen molar-refractivity contribution in [3.63, 3.8) is 0 Å². The molecule has 0 amide bonds. The third-order valence-corrected chi connectivity index (χ3v) is 3.59. The zero-order valence-corrected chi connectivity index (χ0v) is 13.7.